The molecule has 3 nitrogen and oxygen atoms in total. The van der Waals surface area contributed by atoms with Crippen LogP contribution < -0.4 is 10.1 Å². The molecule has 0 atom stereocenters. The Balaban J connectivity index is 1.97. The van der Waals surface area contributed by atoms with Crippen molar-refractivity contribution in [3.05, 3.63) is 24.0 Å². The van der Waals surface area contributed by atoms with Crippen molar-refractivity contribution in [1.29, 1.82) is 0 Å². The Morgan fingerprint density at radius 3 is 2.72 bits per heavy atom. The van der Waals surface area contributed by atoms with Gasteiger partial charge in [0.2, 0.25) is 0 Å². The molecule has 0 bridgehead atoms. The zero-order valence-corrected chi connectivity index (χ0v) is 11.1. The lowest BCUT2D eigenvalue weighted by atomic mass is 10.0. The highest BCUT2D eigenvalue weighted by Crippen LogP contribution is 2.27. The molecule has 1 aromatic rings. The van der Waals surface area contributed by atoms with Crippen LogP contribution in [0.5, 0.6) is 5.75 Å². The first kappa shape index (κ1) is 13.1. The second-order valence-corrected chi connectivity index (χ2v) is 4.70. The van der Waals surface area contributed by atoms with Gasteiger partial charge < -0.3 is 15.0 Å². The standard InChI is InChI=1S/C14H21FN2O/c1-3-17-8-6-12(7-9-17)16-13-5-4-11(15)10-14(13)18-2/h4-5,10,12,16H,3,6-9H2,1-2H3. The normalized spacial score (nSPS) is 17.7. The molecular formula is C14H21FN2O. The van der Waals surface area contributed by atoms with Crippen LogP contribution in [0.4, 0.5) is 10.1 Å². The highest BCUT2D eigenvalue weighted by atomic mass is 19.1. The first-order chi connectivity index (χ1) is 8.72. The minimum absolute atomic E-state index is 0.266. The van der Waals surface area contributed by atoms with E-state index in [1.54, 1.807) is 13.2 Å². The van der Waals surface area contributed by atoms with Crippen molar-refractivity contribution in [2.75, 3.05) is 32.1 Å². The summed E-state index contributed by atoms with van der Waals surface area (Å²) in [6, 6.07) is 5.09. The Labute approximate surface area is 108 Å². The highest BCUT2D eigenvalue weighted by Gasteiger charge is 2.18. The van der Waals surface area contributed by atoms with Gasteiger partial charge in [-0.25, -0.2) is 4.39 Å². The number of hydrogen-bond acceptors (Lipinski definition) is 3. The number of halogens is 1. The molecule has 0 unspecified atom stereocenters. The predicted octanol–water partition coefficient (Wildman–Crippen LogP) is 2.73. The third-order valence-electron chi connectivity index (χ3n) is 3.56. The van der Waals surface area contributed by atoms with E-state index in [9.17, 15) is 4.39 Å². The monoisotopic (exact) mass is 252 g/mol. The van der Waals surface area contributed by atoms with Crippen LogP contribution >= 0.6 is 0 Å². The van der Waals surface area contributed by atoms with Crippen LogP contribution in [-0.2, 0) is 0 Å². The van der Waals surface area contributed by atoms with Gasteiger partial charge >= 0.3 is 0 Å². The van der Waals surface area contributed by atoms with Gasteiger partial charge in [0.15, 0.2) is 0 Å². The quantitative estimate of drug-likeness (QED) is 0.891. The number of methoxy groups -OCH3 is 1. The summed E-state index contributed by atoms with van der Waals surface area (Å²) in [5.74, 6) is 0.311. The average Bonchev–Trinajstić information content (AvgIpc) is 2.41. The number of hydrogen-bond donors (Lipinski definition) is 1. The number of benzene rings is 1. The van der Waals surface area contributed by atoms with E-state index in [0.29, 0.717) is 11.8 Å². The van der Waals surface area contributed by atoms with Crippen molar-refractivity contribution in [2.24, 2.45) is 0 Å². The lowest BCUT2D eigenvalue weighted by Gasteiger charge is -2.32. The second kappa shape index (κ2) is 6.05. The number of nitrogens with zero attached hydrogens (tertiary/aromatic N) is 1. The molecule has 0 radical (unpaired) electrons. The van der Waals surface area contributed by atoms with Gasteiger partial charge in [-0.2, -0.15) is 0 Å². The van der Waals surface area contributed by atoms with Crippen molar-refractivity contribution >= 4 is 5.69 Å². The topological polar surface area (TPSA) is 24.5 Å². The number of anilines is 1. The molecule has 18 heavy (non-hydrogen) atoms. The number of likely N-dealkylation sites (tertiary alicyclic amines) is 1. The predicted molar refractivity (Wildman–Crippen MR) is 71.7 cm³/mol. The van der Waals surface area contributed by atoms with Crippen LogP contribution in [0.15, 0.2) is 18.2 Å². The third-order valence-corrected chi connectivity index (χ3v) is 3.56. The minimum atomic E-state index is -0.266. The largest absolute Gasteiger partial charge is 0.494 e. The van der Waals surface area contributed by atoms with Gasteiger partial charge in [0.05, 0.1) is 12.8 Å². The minimum Gasteiger partial charge on any atom is -0.494 e. The zero-order chi connectivity index (χ0) is 13.0. The van der Waals surface area contributed by atoms with Crippen molar-refractivity contribution < 1.29 is 9.13 Å². The highest BCUT2D eigenvalue weighted by molar-refractivity contribution is 5.57. The molecule has 4 heteroatoms. The molecule has 1 aromatic carbocycles. The van der Waals surface area contributed by atoms with Gasteiger partial charge in [-0.3, -0.25) is 0 Å². The molecular weight excluding hydrogens is 231 g/mol. The molecule has 100 valence electrons. The summed E-state index contributed by atoms with van der Waals surface area (Å²) in [4.78, 5) is 2.44. The van der Waals surface area contributed by atoms with E-state index >= 15 is 0 Å². The number of ether oxygens (including phenoxy) is 1. The fraction of sp³-hybridized carbons (Fsp3) is 0.571. The van der Waals surface area contributed by atoms with Crippen molar-refractivity contribution in [3.63, 3.8) is 0 Å². The summed E-state index contributed by atoms with van der Waals surface area (Å²) in [6.45, 7) is 5.55. The van der Waals surface area contributed by atoms with Crippen LogP contribution in [0, 0.1) is 5.82 Å². The zero-order valence-electron chi connectivity index (χ0n) is 11.1. The van der Waals surface area contributed by atoms with E-state index < -0.39 is 0 Å². The van der Waals surface area contributed by atoms with E-state index in [-0.39, 0.29) is 5.82 Å². The number of rotatable bonds is 4. The molecule has 0 amide bonds. The van der Waals surface area contributed by atoms with Gasteiger partial charge in [-0.15, -0.1) is 0 Å². The molecule has 2 rings (SSSR count). The van der Waals surface area contributed by atoms with Crippen LogP contribution in [0.3, 0.4) is 0 Å². The van der Waals surface area contributed by atoms with Gasteiger partial charge in [-0.05, 0) is 31.5 Å². The van der Waals surface area contributed by atoms with E-state index in [0.717, 1.165) is 38.2 Å². The molecule has 1 aliphatic rings. The smallest absolute Gasteiger partial charge is 0.144 e. The Kier molecular flexibility index (Phi) is 4.42. The summed E-state index contributed by atoms with van der Waals surface area (Å²) >= 11 is 0. The summed E-state index contributed by atoms with van der Waals surface area (Å²) in [7, 11) is 1.57. The number of piperidine rings is 1. The fourth-order valence-electron chi connectivity index (χ4n) is 2.40. The molecule has 0 aromatic heterocycles. The van der Waals surface area contributed by atoms with E-state index in [2.05, 4.69) is 17.1 Å². The van der Waals surface area contributed by atoms with E-state index in [4.69, 9.17) is 4.74 Å². The Morgan fingerprint density at radius 2 is 2.11 bits per heavy atom. The van der Waals surface area contributed by atoms with Crippen LogP contribution in [0.1, 0.15) is 19.8 Å². The number of nitrogens with one attached hydrogen (secondary N) is 1. The van der Waals surface area contributed by atoms with Crippen LogP contribution in [0.25, 0.3) is 0 Å². The van der Waals surface area contributed by atoms with Crippen LogP contribution in [0.2, 0.25) is 0 Å². The van der Waals surface area contributed by atoms with Gasteiger partial charge in [0.25, 0.3) is 0 Å². The Morgan fingerprint density at radius 1 is 1.39 bits per heavy atom. The van der Waals surface area contributed by atoms with Gasteiger partial charge in [-0.1, -0.05) is 6.92 Å². The first-order valence-electron chi connectivity index (χ1n) is 6.55. The van der Waals surface area contributed by atoms with E-state index in [1.807, 2.05) is 0 Å². The molecule has 1 heterocycles. The molecule has 0 aliphatic carbocycles. The van der Waals surface area contributed by atoms with E-state index in [1.165, 1.54) is 12.1 Å². The Hall–Kier alpha value is -1.29. The maximum atomic E-state index is 13.1. The molecule has 1 N–H and O–H groups in total. The molecule has 1 aliphatic heterocycles. The third kappa shape index (κ3) is 3.13. The summed E-state index contributed by atoms with van der Waals surface area (Å²) in [5.41, 5.74) is 0.883. The van der Waals surface area contributed by atoms with Gasteiger partial charge in [0, 0.05) is 25.2 Å². The van der Waals surface area contributed by atoms with Gasteiger partial charge in [0.1, 0.15) is 11.6 Å². The lowest BCUT2D eigenvalue weighted by Crippen LogP contribution is -2.38. The molecule has 0 saturated carbocycles. The lowest BCUT2D eigenvalue weighted by molar-refractivity contribution is 0.229. The summed E-state index contributed by atoms with van der Waals surface area (Å²) < 4.78 is 18.3. The van der Waals surface area contributed by atoms with Crippen molar-refractivity contribution in [2.45, 2.75) is 25.8 Å². The van der Waals surface area contributed by atoms with Crippen molar-refractivity contribution in [1.82, 2.24) is 4.90 Å². The maximum absolute atomic E-state index is 13.1. The van der Waals surface area contributed by atoms with Crippen molar-refractivity contribution in [3.8, 4) is 5.75 Å². The Bertz CT molecular complexity index is 389. The fourth-order valence-corrected chi connectivity index (χ4v) is 2.40. The SMILES string of the molecule is CCN1CCC(Nc2ccc(F)cc2OC)CC1. The summed E-state index contributed by atoms with van der Waals surface area (Å²) in [5, 5.41) is 3.45. The summed E-state index contributed by atoms with van der Waals surface area (Å²) in [6.07, 6.45) is 2.24. The molecule has 1 saturated heterocycles. The molecule has 0 spiro atoms. The first-order valence-corrected chi connectivity index (χ1v) is 6.55. The molecule has 1 fully saturated rings. The average molecular weight is 252 g/mol. The van der Waals surface area contributed by atoms with Crippen LogP contribution in [-0.4, -0.2) is 37.7 Å². The maximum Gasteiger partial charge on any atom is 0.144 e. The second-order valence-electron chi connectivity index (χ2n) is 4.70.